The molecule has 0 amide bonds. The van der Waals surface area contributed by atoms with Crippen molar-refractivity contribution in [3.8, 4) is 0 Å². The molecule has 80 valence electrons. The summed E-state index contributed by atoms with van der Waals surface area (Å²) in [5.41, 5.74) is 7.38. The van der Waals surface area contributed by atoms with Crippen molar-refractivity contribution in [2.75, 3.05) is 13.1 Å². The van der Waals surface area contributed by atoms with Gasteiger partial charge < -0.3 is 5.73 Å². The smallest absolute Gasteiger partial charge is 0.0367 e. The number of hydrogen-bond donors (Lipinski definition) is 1. The van der Waals surface area contributed by atoms with E-state index in [4.69, 9.17) is 5.73 Å². The summed E-state index contributed by atoms with van der Waals surface area (Å²) < 4.78 is 0. The van der Waals surface area contributed by atoms with Gasteiger partial charge in [-0.2, -0.15) is 0 Å². The van der Waals surface area contributed by atoms with Crippen molar-refractivity contribution >= 4 is 0 Å². The van der Waals surface area contributed by atoms with E-state index in [0.717, 1.165) is 19.5 Å². The van der Waals surface area contributed by atoms with E-state index in [-0.39, 0.29) is 0 Å². The SMILES string of the molecule is C=CCN1CC(N)CC1c1ccccc1. The lowest BCUT2D eigenvalue weighted by Gasteiger charge is -2.22. The Balaban J connectivity index is 2.16. The van der Waals surface area contributed by atoms with Crippen LogP contribution in [0.2, 0.25) is 0 Å². The molecule has 2 unspecified atom stereocenters. The van der Waals surface area contributed by atoms with Gasteiger partial charge >= 0.3 is 0 Å². The minimum atomic E-state index is 0.301. The molecule has 2 N–H and O–H groups in total. The molecule has 0 aliphatic carbocycles. The summed E-state index contributed by atoms with van der Waals surface area (Å²) in [5.74, 6) is 0. The molecule has 1 aliphatic rings. The van der Waals surface area contributed by atoms with Gasteiger partial charge in [0.2, 0.25) is 0 Å². The van der Waals surface area contributed by atoms with Crippen LogP contribution in [0.4, 0.5) is 0 Å². The molecule has 0 radical (unpaired) electrons. The molecule has 1 saturated heterocycles. The summed E-state index contributed by atoms with van der Waals surface area (Å²) >= 11 is 0. The van der Waals surface area contributed by atoms with Crippen molar-refractivity contribution < 1.29 is 0 Å². The van der Waals surface area contributed by atoms with Crippen molar-refractivity contribution in [1.82, 2.24) is 4.90 Å². The maximum Gasteiger partial charge on any atom is 0.0367 e. The Morgan fingerprint density at radius 3 is 2.80 bits per heavy atom. The Kier molecular flexibility index (Phi) is 3.19. The molecule has 0 aromatic heterocycles. The first-order valence-electron chi connectivity index (χ1n) is 5.46. The predicted molar refractivity (Wildman–Crippen MR) is 63.5 cm³/mol. The largest absolute Gasteiger partial charge is 0.326 e. The third-order valence-electron chi connectivity index (χ3n) is 2.98. The third-order valence-corrected chi connectivity index (χ3v) is 2.98. The van der Waals surface area contributed by atoms with E-state index in [9.17, 15) is 0 Å². The van der Waals surface area contributed by atoms with Crippen molar-refractivity contribution in [1.29, 1.82) is 0 Å². The number of likely N-dealkylation sites (tertiary alicyclic amines) is 1. The number of benzene rings is 1. The van der Waals surface area contributed by atoms with Crippen LogP contribution in [0.3, 0.4) is 0 Å². The Hall–Kier alpha value is -1.12. The second kappa shape index (κ2) is 4.60. The minimum absolute atomic E-state index is 0.301. The van der Waals surface area contributed by atoms with Crippen molar-refractivity contribution in [3.63, 3.8) is 0 Å². The van der Waals surface area contributed by atoms with Crippen LogP contribution >= 0.6 is 0 Å². The second-order valence-electron chi connectivity index (χ2n) is 4.16. The Labute approximate surface area is 91.4 Å². The van der Waals surface area contributed by atoms with Gasteiger partial charge in [-0.3, -0.25) is 4.90 Å². The van der Waals surface area contributed by atoms with E-state index in [1.54, 1.807) is 0 Å². The summed E-state index contributed by atoms with van der Waals surface area (Å²) in [6, 6.07) is 11.4. The fourth-order valence-corrected chi connectivity index (χ4v) is 2.33. The van der Waals surface area contributed by atoms with Crippen LogP contribution in [-0.4, -0.2) is 24.0 Å². The fourth-order valence-electron chi connectivity index (χ4n) is 2.33. The molecule has 0 bridgehead atoms. The highest BCUT2D eigenvalue weighted by molar-refractivity contribution is 5.21. The molecule has 1 fully saturated rings. The second-order valence-corrected chi connectivity index (χ2v) is 4.16. The van der Waals surface area contributed by atoms with E-state index in [0.29, 0.717) is 12.1 Å². The summed E-state index contributed by atoms with van der Waals surface area (Å²) in [5, 5.41) is 0. The number of nitrogens with two attached hydrogens (primary N) is 1. The lowest BCUT2D eigenvalue weighted by molar-refractivity contribution is 0.284. The molecule has 1 aromatic rings. The topological polar surface area (TPSA) is 29.3 Å². The normalized spacial score (nSPS) is 26.7. The molecule has 2 rings (SSSR count). The minimum Gasteiger partial charge on any atom is -0.326 e. The van der Waals surface area contributed by atoms with Gasteiger partial charge in [0.25, 0.3) is 0 Å². The molecular formula is C13H18N2. The van der Waals surface area contributed by atoms with Gasteiger partial charge in [0.15, 0.2) is 0 Å². The first-order chi connectivity index (χ1) is 7.31. The van der Waals surface area contributed by atoms with Gasteiger partial charge in [0.05, 0.1) is 0 Å². The van der Waals surface area contributed by atoms with E-state index in [1.807, 2.05) is 6.08 Å². The summed E-state index contributed by atoms with van der Waals surface area (Å²) in [4.78, 5) is 2.40. The molecule has 2 nitrogen and oxygen atoms in total. The zero-order chi connectivity index (χ0) is 10.7. The van der Waals surface area contributed by atoms with Gasteiger partial charge in [-0.15, -0.1) is 6.58 Å². The van der Waals surface area contributed by atoms with Gasteiger partial charge in [-0.05, 0) is 12.0 Å². The van der Waals surface area contributed by atoms with Gasteiger partial charge in [-0.1, -0.05) is 36.4 Å². The predicted octanol–water partition coefficient (Wildman–Crippen LogP) is 1.95. The highest BCUT2D eigenvalue weighted by Gasteiger charge is 2.29. The first-order valence-corrected chi connectivity index (χ1v) is 5.46. The molecule has 2 atom stereocenters. The summed E-state index contributed by atoms with van der Waals surface area (Å²) in [7, 11) is 0. The Morgan fingerprint density at radius 2 is 2.13 bits per heavy atom. The maximum atomic E-state index is 6.01. The molecule has 1 aliphatic heterocycles. The maximum absolute atomic E-state index is 6.01. The molecule has 15 heavy (non-hydrogen) atoms. The van der Waals surface area contributed by atoms with Crippen LogP contribution in [0.25, 0.3) is 0 Å². The van der Waals surface area contributed by atoms with E-state index >= 15 is 0 Å². The van der Waals surface area contributed by atoms with Crippen LogP contribution in [-0.2, 0) is 0 Å². The molecule has 1 aromatic carbocycles. The van der Waals surface area contributed by atoms with Crippen LogP contribution in [0.5, 0.6) is 0 Å². The standard InChI is InChI=1S/C13H18N2/c1-2-8-15-10-12(14)9-13(15)11-6-4-3-5-7-11/h2-7,12-13H,1,8-10,14H2. The van der Waals surface area contributed by atoms with Crippen LogP contribution in [0.1, 0.15) is 18.0 Å². The van der Waals surface area contributed by atoms with Gasteiger partial charge in [0.1, 0.15) is 0 Å². The zero-order valence-corrected chi connectivity index (χ0v) is 8.97. The highest BCUT2D eigenvalue weighted by Crippen LogP contribution is 2.30. The van der Waals surface area contributed by atoms with Crippen molar-refractivity contribution in [2.24, 2.45) is 5.73 Å². The third kappa shape index (κ3) is 2.28. The van der Waals surface area contributed by atoms with Crippen LogP contribution in [0.15, 0.2) is 43.0 Å². The van der Waals surface area contributed by atoms with Crippen LogP contribution < -0.4 is 5.73 Å². The average Bonchev–Trinajstić information content (AvgIpc) is 2.62. The lowest BCUT2D eigenvalue weighted by atomic mass is 10.0. The Morgan fingerprint density at radius 1 is 1.40 bits per heavy atom. The van der Waals surface area contributed by atoms with Crippen molar-refractivity contribution in [3.05, 3.63) is 48.6 Å². The average molecular weight is 202 g/mol. The Bertz CT molecular complexity index is 321. The summed E-state index contributed by atoms with van der Waals surface area (Å²) in [6.45, 7) is 5.70. The molecule has 2 heteroatoms. The fraction of sp³-hybridized carbons (Fsp3) is 0.385. The molecular weight excluding hydrogens is 184 g/mol. The van der Waals surface area contributed by atoms with E-state index < -0.39 is 0 Å². The van der Waals surface area contributed by atoms with E-state index in [2.05, 4.69) is 41.8 Å². The number of rotatable bonds is 3. The van der Waals surface area contributed by atoms with Gasteiger partial charge in [0, 0.05) is 25.2 Å². The monoisotopic (exact) mass is 202 g/mol. The first kappa shape index (κ1) is 10.4. The lowest BCUT2D eigenvalue weighted by Crippen LogP contribution is -2.27. The van der Waals surface area contributed by atoms with E-state index in [1.165, 1.54) is 5.56 Å². The quantitative estimate of drug-likeness (QED) is 0.759. The number of hydrogen-bond acceptors (Lipinski definition) is 2. The number of nitrogens with zero attached hydrogens (tertiary/aromatic N) is 1. The highest BCUT2D eigenvalue weighted by atomic mass is 15.2. The van der Waals surface area contributed by atoms with Gasteiger partial charge in [-0.25, -0.2) is 0 Å². The van der Waals surface area contributed by atoms with Crippen molar-refractivity contribution in [2.45, 2.75) is 18.5 Å². The molecule has 0 saturated carbocycles. The molecule has 1 heterocycles. The zero-order valence-electron chi connectivity index (χ0n) is 8.97. The van der Waals surface area contributed by atoms with Crippen LogP contribution in [0, 0.1) is 0 Å². The summed E-state index contributed by atoms with van der Waals surface area (Å²) in [6.07, 6.45) is 3.01. The molecule has 0 spiro atoms.